The molecule has 0 aromatic heterocycles. The molecular formula is C16H29NO4. The summed E-state index contributed by atoms with van der Waals surface area (Å²) < 4.78 is 5.79. The quantitative estimate of drug-likeness (QED) is 0.249. The molecule has 0 saturated carbocycles. The van der Waals surface area contributed by atoms with E-state index >= 15 is 0 Å². The molecule has 5 heteroatoms. The number of esters is 1. The number of hydrogen-bond donors (Lipinski definition) is 0. The molecule has 0 fully saturated rings. The first-order valence-electron chi connectivity index (χ1n) is 7.59. The Hall–Kier alpha value is -1.36. The SMILES string of the molecule is CCCC/C=C/CCC(=O)OC(CC(=O)[O-])C[N+](C)(C)C. The van der Waals surface area contributed by atoms with E-state index in [0.29, 0.717) is 17.4 Å². The summed E-state index contributed by atoms with van der Waals surface area (Å²) in [4.78, 5) is 22.5. The highest BCUT2D eigenvalue weighted by molar-refractivity contribution is 5.71. The number of rotatable bonds is 11. The maximum absolute atomic E-state index is 11.7. The Bertz CT molecular complexity index is 345. The van der Waals surface area contributed by atoms with Crippen LogP contribution in [0.1, 0.15) is 45.4 Å². The molecule has 0 spiro atoms. The van der Waals surface area contributed by atoms with Crippen LogP contribution in [-0.4, -0.2) is 50.2 Å². The molecule has 0 aromatic carbocycles. The van der Waals surface area contributed by atoms with Gasteiger partial charge in [0.1, 0.15) is 6.54 Å². The van der Waals surface area contributed by atoms with Crippen LogP contribution in [0.5, 0.6) is 0 Å². The molecule has 122 valence electrons. The fourth-order valence-electron chi connectivity index (χ4n) is 1.94. The number of aliphatic carboxylic acids is 1. The average molecular weight is 299 g/mol. The molecule has 0 radical (unpaired) electrons. The van der Waals surface area contributed by atoms with Crippen molar-refractivity contribution in [2.75, 3.05) is 27.7 Å². The van der Waals surface area contributed by atoms with Crippen molar-refractivity contribution in [2.45, 2.75) is 51.6 Å². The van der Waals surface area contributed by atoms with Gasteiger partial charge in [0.05, 0.1) is 21.1 Å². The van der Waals surface area contributed by atoms with Crippen LogP contribution in [0.25, 0.3) is 0 Å². The summed E-state index contributed by atoms with van der Waals surface area (Å²) in [6.07, 6.45) is 7.40. The largest absolute Gasteiger partial charge is 0.550 e. The predicted molar refractivity (Wildman–Crippen MR) is 80.3 cm³/mol. The first-order valence-corrected chi connectivity index (χ1v) is 7.59. The van der Waals surface area contributed by atoms with E-state index in [4.69, 9.17) is 4.74 Å². The lowest BCUT2D eigenvalue weighted by Gasteiger charge is -2.29. The van der Waals surface area contributed by atoms with E-state index in [0.717, 1.165) is 19.3 Å². The number of ether oxygens (including phenoxy) is 1. The number of nitrogens with zero attached hydrogens (tertiary/aromatic N) is 1. The number of carboxylic acids is 1. The van der Waals surface area contributed by atoms with Gasteiger partial charge in [-0.3, -0.25) is 4.79 Å². The summed E-state index contributed by atoms with van der Waals surface area (Å²) in [5.41, 5.74) is 0. The molecule has 0 aliphatic carbocycles. The van der Waals surface area contributed by atoms with E-state index < -0.39 is 12.1 Å². The van der Waals surface area contributed by atoms with Gasteiger partial charge in [-0.25, -0.2) is 0 Å². The highest BCUT2D eigenvalue weighted by atomic mass is 16.5. The molecule has 0 rings (SSSR count). The van der Waals surface area contributed by atoms with Gasteiger partial charge in [0.25, 0.3) is 0 Å². The third-order valence-corrected chi connectivity index (χ3v) is 2.85. The van der Waals surface area contributed by atoms with Gasteiger partial charge in [0.15, 0.2) is 6.10 Å². The van der Waals surface area contributed by atoms with Crippen molar-refractivity contribution in [1.82, 2.24) is 0 Å². The maximum atomic E-state index is 11.7. The number of likely N-dealkylation sites (N-methyl/N-ethyl adjacent to an activating group) is 1. The minimum atomic E-state index is -1.19. The summed E-state index contributed by atoms with van der Waals surface area (Å²) >= 11 is 0. The van der Waals surface area contributed by atoms with Crippen molar-refractivity contribution < 1.29 is 23.9 Å². The topological polar surface area (TPSA) is 66.4 Å². The lowest BCUT2D eigenvalue weighted by atomic mass is 10.2. The number of carbonyl (C=O) groups excluding carboxylic acids is 2. The van der Waals surface area contributed by atoms with Gasteiger partial charge >= 0.3 is 5.97 Å². The monoisotopic (exact) mass is 299 g/mol. The summed E-state index contributed by atoms with van der Waals surface area (Å²) in [6.45, 7) is 2.59. The van der Waals surface area contributed by atoms with Crippen molar-refractivity contribution in [2.24, 2.45) is 0 Å². The second-order valence-corrected chi connectivity index (χ2v) is 6.31. The molecule has 0 aliphatic rings. The molecular weight excluding hydrogens is 270 g/mol. The van der Waals surface area contributed by atoms with E-state index in [9.17, 15) is 14.7 Å². The Morgan fingerprint density at radius 1 is 1.19 bits per heavy atom. The zero-order valence-corrected chi connectivity index (χ0v) is 13.8. The van der Waals surface area contributed by atoms with Crippen LogP contribution in [0, 0.1) is 0 Å². The van der Waals surface area contributed by atoms with Gasteiger partial charge in [0.2, 0.25) is 0 Å². The Morgan fingerprint density at radius 2 is 1.81 bits per heavy atom. The van der Waals surface area contributed by atoms with Crippen LogP contribution in [0.2, 0.25) is 0 Å². The van der Waals surface area contributed by atoms with Gasteiger partial charge < -0.3 is 19.1 Å². The van der Waals surface area contributed by atoms with Gasteiger partial charge in [-0.05, 0) is 12.8 Å². The Balaban J connectivity index is 4.15. The van der Waals surface area contributed by atoms with E-state index in [1.54, 1.807) is 0 Å². The fraction of sp³-hybridized carbons (Fsp3) is 0.750. The first-order chi connectivity index (χ1) is 9.74. The summed E-state index contributed by atoms with van der Waals surface area (Å²) in [5, 5.41) is 10.7. The van der Waals surface area contributed by atoms with E-state index in [2.05, 4.69) is 13.0 Å². The van der Waals surface area contributed by atoms with Crippen LogP contribution in [0.3, 0.4) is 0 Å². The minimum Gasteiger partial charge on any atom is -0.550 e. The zero-order chi connectivity index (χ0) is 16.3. The highest BCUT2D eigenvalue weighted by Gasteiger charge is 2.22. The van der Waals surface area contributed by atoms with Crippen molar-refractivity contribution >= 4 is 11.9 Å². The van der Waals surface area contributed by atoms with E-state index in [1.165, 1.54) is 0 Å². The third-order valence-electron chi connectivity index (χ3n) is 2.85. The minimum absolute atomic E-state index is 0.256. The summed E-state index contributed by atoms with van der Waals surface area (Å²) in [5.74, 6) is -1.55. The van der Waals surface area contributed by atoms with Crippen molar-refractivity contribution in [1.29, 1.82) is 0 Å². The van der Waals surface area contributed by atoms with Gasteiger partial charge in [0, 0.05) is 18.8 Å². The van der Waals surface area contributed by atoms with E-state index in [1.807, 2.05) is 27.2 Å². The van der Waals surface area contributed by atoms with Gasteiger partial charge in [-0.2, -0.15) is 0 Å². The number of unbranched alkanes of at least 4 members (excludes halogenated alkanes) is 2. The van der Waals surface area contributed by atoms with Crippen molar-refractivity contribution in [3.8, 4) is 0 Å². The summed E-state index contributed by atoms with van der Waals surface area (Å²) in [7, 11) is 5.77. The van der Waals surface area contributed by atoms with Crippen LogP contribution in [-0.2, 0) is 14.3 Å². The molecule has 0 amide bonds. The molecule has 1 unspecified atom stereocenters. The third kappa shape index (κ3) is 13.4. The van der Waals surface area contributed by atoms with Crippen molar-refractivity contribution in [3.05, 3.63) is 12.2 Å². The molecule has 1 atom stereocenters. The summed E-state index contributed by atoms with van der Waals surface area (Å²) in [6, 6.07) is 0. The van der Waals surface area contributed by atoms with Crippen molar-refractivity contribution in [3.63, 3.8) is 0 Å². The van der Waals surface area contributed by atoms with Gasteiger partial charge in [-0.1, -0.05) is 31.9 Å². The maximum Gasteiger partial charge on any atom is 0.306 e. The second-order valence-electron chi connectivity index (χ2n) is 6.31. The Kier molecular flexibility index (Phi) is 9.71. The van der Waals surface area contributed by atoms with Crippen LogP contribution in [0.4, 0.5) is 0 Å². The fourth-order valence-corrected chi connectivity index (χ4v) is 1.94. The predicted octanol–water partition coefficient (Wildman–Crippen LogP) is 1.27. The number of hydrogen-bond acceptors (Lipinski definition) is 4. The van der Waals surface area contributed by atoms with Crippen LogP contribution < -0.4 is 5.11 Å². The Morgan fingerprint density at radius 3 is 2.33 bits per heavy atom. The molecule has 0 aromatic rings. The molecule has 0 aliphatic heterocycles. The molecule has 21 heavy (non-hydrogen) atoms. The smallest absolute Gasteiger partial charge is 0.306 e. The molecule has 5 nitrogen and oxygen atoms in total. The number of quaternary nitrogens is 1. The van der Waals surface area contributed by atoms with Crippen LogP contribution >= 0.6 is 0 Å². The average Bonchev–Trinajstić information content (AvgIpc) is 2.30. The zero-order valence-electron chi connectivity index (χ0n) is 13.8. The van der Waals surface area contributed by atoms with Crippen LogP contribution in [0.15, 0.2) is 12.2 Å². The molecule has 0 heterocycles. The number of carbonyl (C=O) groups is 2. The molecule has 0 N–H and O–H groups in total. The standard InChI is InChI=1S/C16H29NO4/c1-5-6-7-8-9-10-11-16(20)21-14(12-15(18)19)13-17(2,3)4/h8-9,14H,5-7,10-13H2,1-4H3/b9-8+. The number of carboxylic acid groups (broad SMARTS) is 1. The second kappa shape index (κ2) is 10.4. The molecule has 0 saturated heterocycles. The molecule has 0 bridgehead atoms. The van der Waals surface area contributed by atoms with E-state index in [-0.39, 0.29) is 18.8 Å². The van der Waals surface area contributed by atoms with Gasteiger partial charge in [-0.15, -0.1) is 0 Å². The number of allylic oxidation sites excluding steroid dienone is 2. The normalized spacial score (nSPS) is 13.3. The highest BCUT2D eigenvalue weighted by Crippen LogP contribution is 2.07. The lowest BCUT2D eigenvalue weighted by molar-refractivity contribution is -0.873. The lowest BCUT2D eigenvalue weighted by Crippen LogP contribution is -2.45. The first kappa shape index (κ1) is 19.6. The Labute approximate surface area is 128 Å².